The Balaban J connectivity index is 3.25. The number of esters is 2. The van der Waals surface area contributed by atoms with E-state index in [1.165, 1.54) is 167 Å². The van der Waals surface area contributed by atoms with Gasteiger partial charge in [-0.15, -0.1) is 0 Å². The van der Waals surface area contributed by atoms with Crippen molar-refractivity contribution in [1.29, 1.82) is 0 Å². The zero-order valence-electron chi connectivity index (χ0n) is 29.2. The minimum absolute atomic E-state index is 0.0697. The first-order chi connectivity index (χ1) is 21.2. The van der Waals surface area contributed by atoms with Crippen molar-refractivity contribution in [2.75, 3.05) is 9.25 Å². The van der Waals surface area contributed by atoms with E-state index in [1.807, 2.05) is 0 Å². The van der Waals surface area contributed by atoms with E-state index in [1.54, 1.807) is 0 Å². The monoisotopic (exact) mass is 714 g/mol. The van der Waals surface area contributed by atoms with Gasteiger partial charge in [0.2, 0.25) is 0 Å². The second-order valence-corrected chi connectivity index (χ2v) is 16.0. The number of hydrogen-bond acceptors (Lipinski definition) is 4. The molecule has 0 aliphatic carbocycles. The van der Waals surface area contributed by atoms with Gasteiger partial charge in [0.25, 0.3) is 0 Å². The molecule has 0 rings (SSSR count). The normalized spacial score (nSPS) is 11.2. The summed E-state index contributed by atoms with van der Waals surface area (Å²) < 4.78 is 11.8. The molecule has 0 spiro atoms. The maximum absolute atomic E-state index is 11.9. The van der Waals surface area contributed by atoms with Gasteiger partial charge in [-0.3, -0.25) is 0 Å². The number of carbonyl (C=O) groups excluding carboxylic acids is 2. The Morgan fingerprint density at radius 3 is 0.791 bits per heavy atom. The predicted molar refractivity (Wildman–Crippen MR) is 187 cm³/mol. The average Bonchev–Trinajstić information content (AvgIpc) is 3.00. The Bertz CT molecular complexity index is 520. The minimum atomic E-state index is -0.956. The van der Waals surface area contributed by atoms with Crippen LogP contribution in [0.15, 0.2) is 0 Å². The molecule has 0 aromatic carbocycles. The third kappa shape index (κ3) is 37.8. The Hall–Kier alpha value is -0.261. The van der Waals surface area contributed by atoms with Crippen molar-refractivity contribution in [1.82, 2.24) is 0 Å². The molecular formula is C38H74O4Sn. The fourth-order valence-corrected chi connectivity index (χ4v) is 7.47. The molecule has 0 saturated carbocycles. The molecular weight excluding hydrogens is 639 g/mol. The average molecular weight is 714 g/mol. The number of hydrogen-bond donors (Lipinski definition) is 0. The van der Waals surface area contributed by atoms with Gasteiger partial charge in [-0.25, -0.2) is 0 Å². The number of unbranched alkanes of at least 4 members (excludes halogenated alkanes) is 28. The Morgan fingerprint density at radius 1 is 0.349 bits per heavy atom. The molecule has 4 nitrogen and oxygen atoms in total. The van der Waals surface area contributed by atoms with Crippen LogP contribution in [-0.2, 0) is 19.1 Å². The summed E-state index contributed by atoms with van der Waals surface area (Å²) in [7, 11) is 0. The van der Waals surface area contributed by atoms with Gasteiger partial charge in [-0.05, 0) is 0 Å². The van der Waals surface area contributed by atoms with Crippen LogP contribution in [0.3, 0.4) is 0 Å². The number of ether oxygens (including phenoxy) is 2. The summed E-state index contributed by atoms with van der Waals surface area (Å²) in [6, 6.07) is 0. The first kappa shape index (κ1) is 42.7. The maximum atomic E-state index is 11.9. The van der Waals surface area contributed by atoms with E-state index in [4.69, 9.17) is 9.47 Å². The second kappa shape index (κ2) is 37.9. The Labute approximate surface area is 279 Å². The van der Waals surface area contributed by atoms with Crippen molar-refractivity contribution in [3.63, 3.8) is 0 Å². The predicted octanol–water partition coefficient (Wildman–Crippen LogP) is 12.2. The van der Waals surface area contributed by atoms with Crippen LogP contribution in [0.1, 0.15) is 219 Å². The standard InChI is InChI=1S/2C19H37O2.Sn/c2*1-3-4-5-6-7-8-9-10-11-12-13-14-15-16-17-18-19(20)21-2;/h2*2-18H2,1H3;. The molecule has 5 heteroatoms. The van der Waals surface area contributed by atoms with Gasteiger partial charge in [-0.2, -0.15) is 0 Å². The van der Waals surface area contributed by atoms with Gasteiger partial charge in [-0.1, -0.05) is 104 Å². The summed E-state index contributed by atoms with van der Waals surface area (Å²) in [4.78, 5) is 23.9. The van der Waals surface area contributed by atoms with Crippen LogP contribution < -0.4 is 0 Å². The summed E-state index contributed by atoms with van der Waals surface area (Å²) in [6.45, 7) is 4.56. The summed E-state index contributed by atoms with van der Waals surface area (Å²) in [5.41, 5.74) is 0. The fraction of sp³-hybridized carbons (Fsp3) is 0.947. The van der Waals surface area contributed by atoms with E-state index >= 15 is 0 Å². The molecule has 0 fully saturated rings. The van der Waals surface area contributed by atoms with Gasteiger partial charge in [0.1, 0.15) is 0 Å². The first-order valence-electron chi connectivity index (χ1n) is 19.2. The van der Waals surface area contributed by atoms with Gasteiger partial charge < -0.3 is 0 Å². The minimum Gasteiger partial charge on any atom is -0.0654 e. The molecule has 0 N–H and O–H groups in total. The molecule has 43 heavy (non-hydrogen) atoms. The van der Waals surface area contributed by atoms with E-state index < -0.39 is 21.1 Å². The van der Waals surface area contributed by atoms with Crippen LogP contribution in [0, 0.1) is 0 Å². The molecule has 0 amide bonds. The Morgan fingerprint density at radius 2 is 0.558 bits per heavy atom. The SMILES string of the molecule is CCCCCCCCCCCCCCCCCC(=O)O[CH2][Sn][CH2]OC(=O)CCCCCCCCCCCCCCCCC. The van der Waals surface area contributed by atoms with Gasteiger partial charge in [0.05, 0.1) is 0 Å². The molecule has 0 atom stereocenters. The van der Waals surface area contributed by atoms with Crippen molar-refractivity contribution in [3.8, 4) is 0 Å². The van der Waals surface area contributed by atoms with Crippen LogP contribution in [0.4, 0.5) is 0 Å². The quantitative estimate of drug-likeness (QED) is 0.0368. The molecule has 2 radical (unpaired) electrons. The van der Waals surface area contributed by atoms with Crippen molar-refractivity contribution in [2.45, 2.75) is 219 Å². The Kier molecular flexibility index (Phi) is 37.7. The van der Waals surface area contributed by atoms with Gasteiger partial charge >= 0.3 is 177 Å². The first-order valence-corrected chi connectivity index (χ1v) is 23.3. The number of rotatable bonds is 36. The zero-order valence-corrected chi connectivity index (χ0v) is 32.0. The van der Waals surface area contributed by atoms with Gasteiger partial charge in [0.15, 0.2) is 0 Å². The molecule has 0 aliphatic rings. The van der Waals surface area contributed by atoms with E-state index in [0.717, 1.165) is 25.7 Å². The molecule has 0 bridgehead atoms. The van der Waals surface area contributed by atoms with Crippen LogP contribution >= 0.6 is 0 Å². The van der Waals surface area contributed by atoms with Gasteiger partial charge in [0, 0.05) is 0 Å². The molecule has 0 heterocycles. The van der Waals surface area contributed by atoms with E-state index in [2.05, 4.69) is 13.8 Å². The fourth-order valence-electron chi connectivity index (χ4n) is 5.73. The molecule has 0 aromatic rings. The van der Waals surface area contributed by atoms with Crippen LogP contribution in [-0.4, -0.2) is 42.3 Å². The third-order valence-electron chi connectivity index (χ3n) is 8.64. The number of carbonyl (C=O) groups is 2. The van der Waals surface area contributed by atoms with Crippen LogP contribution in [0.2, 0.25) is 0 Å². The topological polar surface area (TPSA) is 52.6 Å². The van der Waals surface area contributed by atoms with Crippen molar-refractivity contribution in [3.05, 3.63) is 0 Å². The van der Waals surface area contributed by atoms with Crippen molar-refractivity contribution < 1.29 is 19.1 Å². The molecule has 0 saturated heterocycles. The van der Waals surface area contributed by atoms with Crippen LogP contribution in [0.5, 0.6) is 0 Å². The van der Waals surface area contributed by atoms with E-state index in [9.17, 15) is 9.59 Å². The smallest absolute Gasteiger partial charge is 0.0654 e. The van der Waals surface area contributed by atoms with Crippen LogP contribution in [0.25, 0.3) is 0 Å². The van der Waals surface area contributed by atoms with E-state index in [0.29, 0.717) is 22.1 Å². The van der Waals surface area contributed by atoms with Crippen molar-refractivity contribution >= 4 is 33.1 Å². The zero-order chi connectivity index (χ0) is 31.3. The molecule has 0 aromatic heterocycles. The summed E-state index contributed by atoms with van der Waals surface area (Å²) in [5, 5.41) is 0. The third-order valence-corrected chi connectivity index (χ3v) is 10.6. The van der Waals surface area contributed by atoms with Crippen molar-refractivity contribution in [2.24, 2.45) is 0 Å². The molecule has 0 unspecified atom stereocenters. The molecule has 0 aliphatic heterocycles. The van der Waals surface area contributed by atoms with E-state index in [-0.39, 0.29) is 11.9 Å². The summed E-state index contributed by atoms with van der Waals surface area (Å²) in [6.07, 6.45) is 41.0. The summed E-state index contributed by atoms with van der Waals surface area (Å²) >= 11 is -0.956. The second-order valence-electron chi connectivity index (χ2n) is 13.0. The summed E-state index contributed by atoms with van der Waals surface area (Å²) in [5.74, 6) is -0.139. The molecule has 254 valence electrons.